The van der Waals surface area contributed by atoms with Gasteiger partial charge in [-0.3, -0.25) is 4.98 Å². The zero-order valence-corrected chi connectivity index (χ0v) is 12.3. The molecule has 4 heteroatoms. The summed E-state index contributed by atoms with van der Waals surface area (Å²) in [5, 5.41) is 4.80. The van der Waals surface area contributed by atoms with E-state index in [-0.39, 0.29) is 0 Å². The van der Waals surface area contributed by atoms with Crippen molar-refractivity contribution in [1.29, 1.82) is 0 Å². The number of thioether (sulfide) groups is 1. The number of hydrogen-bond donors (Lipinski definition) is 1. The summed E-state index contributed by atoms with van der Waals surface area (Å²) in [6, 6.07) is 2.13. The molecule has 1 aliphatic rings. The standard InChI is InChI=1S/C14H23N3S/c1-4-15-7-13-5-6-16-8-14(13)17-9-11(2)18-12(3)10-17/h5-6,8,11-12,15H,4,7,9-10H2,1-3H3. The molecule has 0 aliphatic carbocycles. The predicted molar refractivity (Wildman–Crippen MR) is 80.3 cm³/mol. The molecule has 2 heterocycles. The lowest BCUT2D eigenvalue weighted by molar-refractivity contribution is 0.698. The van der Waals surface area contributed by atoms with Crippen LogP contribution in [0.25, 0.3) is 0 Å². The number of hydrogen-bond acceptors (Lipinski definition) is 4. The number of pyridine rings is 1. The molecule has 2 atom stereocenters. The first-order chi connectivity index (χ1) is 8.70. The van der Waals surface area contributed by atoms with E-state index in [1.54, 1.807) is 0 Å². The fourth-order valence-corrected chi connectivity index (χ4v) is 3.81. The van der Waals surface area contributed by atoms with Crippen molar-refractivity contribution < 1.29 is 0 Å². The highest BCUT2D eigenvalue weighted by Crippen LogP contribution is 2.29. The minimum atomic E-state index is 0.695. The molecule has 0 aromatic carbocycles. The second-order valence-corrected chi connectivity index (χ2v) is 6.83. The van der Waals surface area contributed by atoms with Crippen molar-refractivity contribution in [2.45, 2.75) is 37.8 Å². The van der Waals surface area contributed by atoms with Gasteiger partial charge in [0.05, 0.1) is 11.9 Å². The molecule has 1 fully saturated rings. The van der Waals surface area contributed by atoms with E-state index in [4.69, 9.17) is 0 Å². The van der Waals surface area contributed by atoms with Crippen LogP contribution in [0.4, 0.5) is 5.69 Å². The van der Waals surface area contributed by atoms with E-state index >= 15 is 0 Å². The van der Waals surface area contributed by atoms with Gasteiger partial charge in [0.2, 0.25) is 0 Å². The minimum absolute atomic E-state index is 0.695. The molecule has 100 valence electrons. The van der Waals surface area contributed by atoms with Crippen LogP contribution in [0, 0.1) is 0 Å². The van der Waals surface area contributed by atoms with Crippen molar-refractivity contribution in [2.24, 2.45) is 0 Å². The van der Waals surface area contributed by atoms with Gasteiger partial charge in [0.1, 0.15) is 0 Å². The first kappa shape index (κ1) is 13.7. The molecule has 1 aliphatic heterocycles. The van der Waals surface area contributed by atoms with Crippen LogP contribution in [-0.4, -0.2) is 35.1 Å². The molecular formula is C14H23N3S. The average molecular weight is 265 g/mol. The Bertz CT molecular complexity index is 373. The van der Waals surface area contributed by atoms with Crippen LogP contribution in [0.5, 0.6) is 0 Å². The zero-order chi connectivity index (χ0) is 13.0. The molecule has 0 amide bonds. The highest BCUT2D eigenvalue weighted by molar-refractivity contribution is 8.00. The maximum atomic E-state index is 4.30. The van der Waals surface area contributed by atoms with Crippen molar-refractivity contribution >= 4 is 17.4 Å². The second-order valence-electron chi connectivity index (χ2n) is 4.95. The van der Waals surface area contributed by atoms with Gasteiger partial charge in [0, 0.05) is 36.3 Å². The van der Waals surface area contributed by atoms with E-state index < -0.39 is 0 Å². The van der Waals surface area contributed by atoms with Gasteiger partial charge in [-0.2, -0.15) is 11.8 Å². The monoisotopic (exact) mass is 265 g/mol. The maximum Gasteiger partial charge on any atom is 0.0599 e. The third-order valence-electron chi connectivity index (χ3n) is 3.21. The van der Waals surface area contributed by atoms with Crippen LogP contribution >= 0.6 is 11.8 Å². The van der Waals surface area contributed by atoms with Gasteiger partial charge in [-0.25, -0.2) is 0 Å². The highest BCUT2D eigenvalue weighted by Gasteiger charge is 2.23. The summed E-state index contributed by atoms with van der Waals surface area (Å²) in [4.78, 5) is 6.79. The Morgan fingerprint density at radius 3 is 2.78 bits per heavy atom. The lowest BCUT2D eigenvalue weighted by Gasteiger charge is -2.37. The van der Waals surface area contributed by atoms with Crippen molar-refractivity contribution in [2.75, 3.05) is 24.5 Å². The highest BCUT2D eigenvalue weighted by atomic mass is 32.2. The van der Waals surface area contributed by atoms with Gasteiger partial charge in [-0.1, -0.05) is 20.8 Å². The lowest BCUT2D eigenvalue weighted by atomic mass is 10.2. The van der Waals surface area contributed by atoms with Gasteiger partial charge in [0.15, 0.2) is 0 Å². The molecule has 1 saturated heterocycles. The fourth-order valence-electron chi connectivity index (χ4n) is 2.48. The molecule has 0 saturated carbocycles. The summed E-state index contributed by atoms with van der Waals surface area (Å²) in [6.45, 7) is 11.0. The molecule has 2 unspecified atom stereocenters. The van der Waals surface area contributed by atoms with Crippen molar-refractivity contribution in [3.8, 4) is 0 Å². The Morgan fingerprint density at radius 2 is 2.11 bits per heavy atom. The van der Waals surface area contributed by atoms with E-state index in [1.165, 1.54) is 11.3 Å². The molecule has 0 bridgehead atoms. The minimum Gasteiger partial charge on any atom is -0.368 e. The van der Waals surface area contributed by atoms with Gasteiger partial charge in [0.25, 0.3) is 0 Å². The normalized spacial score (nSPS) is 24.3. The average Bonchev–Trinajstić information content (AvgIpc) is 2.35. The second kappa shape index (κ2) is 6.43. The summed E-state index contributed by atoms with van der Waals surface area (Å²) in [6.07, 6.45) is 3.91. The first-order valence-corrected chi connectivity index (χ1v) is 7.69. The van der Waals surface area contributed by atoms with E-state index in [9.17, 15) is 0 Å². The molecular weight excluding hydrogens is 242 g/mol. The van der Waals surface area contributed by atoms with E-state index in [1.807, 2.05) is 12.4 Å². The fraction of sp³-hybridized carbons (Fsp3) is 0.643. The van der Waals surface area contributed by atoms with E-state index in [0.717, 1.165) is 26.2 Å². The Balaban J connectivity index is 2.15. The number of anilines is 1. The third-order valence-corrected chi connectivity index (χ3v) is 4.44. The Labute approximate surface area is 114 Å². The van der Waals surface area contributed by atoms with Crippen LogP contribution in [0.1, 0.15) is 26.3 Å². The first-order valence-electron chi connectivity index (χ1n) is 6.74. The summed E-state index contributed by atoms with van der Waals surface area (Å²) < 4.78 is 0. The molecule has 18 heavy (non-hydrogen) atoms. The quantitative estimate of drug-likeness (QED) is 0.905. The van der Waals surface area contributed by atoms with Crippen LogP contribution in [0.15, 0.2) is 18.5 Å². The van der Waals surface area contributed by atoms with E-state index in [0.29, 0.717) is 10.5 Å². The number of rotatable bonds is 4. The van der Waals surface area contributed by atoms with Crippen LogP contribution in [0.2, 0.25) is 0 Å². The number of nitrogens with zero attached hydrogens (tertiary/aromatic N) is 2. The largest absolute Gasteiger partial charge is 0.368 e. The van der Waals surface area contributed by atoms with Crippen LogP contribution < -0.4 is 10.2 Å². The Morgan fingerprint density at radius 1 is 1.39 bits per heavy atom. The molecule has 1 aromatic rings. The van der Waals surface area contributed by atoms with Gasteiger partial charge < -0.3 is 10.2 Å². The summed E-state index contributed by atoms with van der Waals surface area (Å²) in [5.41, 5.74) is 2.66. The van der Waals surface area contributed by atoms with Crippen molar-refractivity contribution in [3.05, 3.63) is 24.0 Å². The topological polar surface area (TPSA) is 28.2 Å². The SMILES string of the molecule is CCNCc1ccncc1N1CC(C)SC(C)C1. The Kier molecular flexibility index (Phi) is 4.89. The van der Waals surface area contributed by atoms with Crippen molar-refractivity contribution in [3.63, 3.8) is 0 Å². The van der Waals surface area contributed by atoms with E-state index in [2.05, 4.69) is 53.8 Å². The number of nitrogens with one attached hydrogen (secondary N) is 1. The van der Waals surface area contributed by atoms with Crippen molar-refractivity contribution in [1.82, 2.24) is 10.3 Å². The van der Waals surface area contributed by atoms with Gasteiger partial charge in [-0.05, 0) is 18.2 Å². The lowest BCUT2D eigenvalue weighted by Crippen LogP contribution is -2.41. The van der Waals surface area contributed by atoms with Gasteiger partial charge >= 0.3 is 0 Å². The van der Waals surface area contributed by atoms with Crippen LogP contribution in [0.3, 0.4) is 0 Å². The summed E-state index contributed by atoms with van der Waals surface area (Å²) >= 11 is 2.09. The molecule has 1 aromatic heterocycles. The molecule has 2 rings (SSSR count). The number of aromatic nitrogens is 1. The van der Waals surface area contributed by atoms with Crippen LogP contribution in [-0.2, 0) is 6.54 Å². The molecule has 3 nitrogen and oxygen atoms in total. The molecule has 0 radical (unpaired) electrons. The smallest absolute Gasteiger partial charge is 0.0599 e. The Hall–Kier alpha value is -0.740. The predicted octanol–water partition coefficient (Wildman–Crippen LogP) is 2.52. The summed E-state index contributed by atoms with van der Waals surface area (Å²) in [5.74, 6) is 0. The summed E-state index contributed by atoms with van der Waals surface area (Å²) in [7, 11) is 0. The third kappa shape index (κ3) is 3.39. The van der Waals surface area contributed by atoms with Gasteiger partial charge in [-0.15, -0.1) is 0 Å². The molecule has 0 spiro atoms. The zero-order valence-electron chi connectivity index (χ0n) is 11.5. The maximum absolute atomic E-state index is 4.30. The molecule has 1 N–H and O–H groups in total.